The van der Waals surface area contributed by atoms with Crippen LogP contribution in [0.1, 0.15) is 11.1 Å². The van der Waals surface area contributed by atoms with Gasteiger partial charge in [-0.1, -0.05) is 17.6 Å². The third kappa shape index (κ3) is 3.51. The molecule has 0 unspecified atom stereocenters. The van der Waals surface area contributed by atoms with E-state index < -0.39 is 12.4 Å². The minimum absolute atomic E-state index is 0.0454. The molecular weight excluding hydrogens is 268 g/mol. The Morgan fingerprint density at radius 2 is 2.00 bits per heavy atom. The summed E-state index contributed by atoms with van der Waals surface area (Å²) in [5.41, 5.74) is 0.372. The molecule has 0 spiro atoms. The van der Waals surface area contributed by atoms with E-state index in [9.17, 15) is 12.9 Å². The van der Waals surface area contributed by atoms with Gasteiger partial charge >= 0.3 is 6.98 Å². The average molecular weight is 277 g/mol. The number of ether oxygens (including phenoxy) is 1. The highest BCUT2D eigenvalue weighted by molar-refractivity contribution is 6.73. The van der Waals surface area contributed by atoms with Crippen molar-refractivity contribution in [3.8, 4) is 11.8 Å². The van der Waals surface area contributed by atoms with Crippen LogP contribution in [0.2, 0.25) is 0 Å². The highest BCUT2D eigenvalue weighted by atomic mass is 19.4. The molecule has 0 N–H and O–H groups in total. The second kappa shape index (κ2) is 5.65. The molecule has 102 valence electrons. The Morgan fingerprint density at radius 1 is 1.20 bits per heavy atom. The monoisotopic (exact) mass is 277 g/mol. The molecule has 2 rings (SSSR count). The first kappa shape index (κ1) is 13.9. The molecule has 0 saturated carbocycles. The molecule has 0 aliphatic rings. The number of pyridine rings is 1. The predicted octanol–water partition coefficient (Wildman–Crippen LogP) is 2.59. The van der Waals surface area contributed by atoms with E-state index in [1.807, 2.05) is 6.07 Å². The van der Waals surface area contributed by atoms with E-state index >= 15 is 0 Å². The van der Waals surface area contributed by atoms with E-state index in [-0.39, 0.29) is 12.4 Å². The maximum absolute atomic E-state index is 12.6. The lowest BCUT2D eigenvalue weighted by atomic mass is 9.81. The lowest BCUT2D eigenvalue weighted by Crippen LogP contribution is -2.34. The van der Waals surface area contributed by atoms with Crippen molar-refractivity contribution >= 4 is 12.4 Å². The van der Waals surface area contributed by atoms with Gasteiger partial charge in [-0.05, 0) is 23.8 Å². The molecule has 0 amide bonds. The van der Waals surface area contributed by atoms with Crippen molar-refractivity contribution in [1.29, 1.82) is 5.26 Å². The van der Waals surface area contributed by atoms with E-state index in [1.54, 1.807) is 24.3 Å². The number of hydrogen-bond acceptors (Lipinski definition) is 3. The van der Waals surface area contributed by atoms with Crippen molar-refractivity contribution < 1.29 is 17.7 Å². The fourth-order valence-electron chi connectivity index (χ4n) is 1.59. The normalized spacial score (nSPS) is 10.9. The van der Waals surface area contributed by atoms with Crippen LogP contribution >= 0.6 is 0 Å². The fourth-order valence-corrected chi connectivity index (χ4v) is 1.59. The van der Waals surface area contributed by atoms with Crippen LogP contribution in [0, 0.1) is 11.3 Å². The van der Waals surface area contributed by atoms with Crippen LogP contribution < -0.4 is 10.2 Å². The Morgan fingerprint density at radius 3 is 2.70 bits per heavy atom. The Hall–Kier alpha value is -2.49. The molecule has 1 aromatic carbocycles. The molecule has 1 heterocycles. The molecule has 3 nitrogen and oxygen atoms in total. The lowest BCUT2D eigenvalue weighted by Gasteiger charge is -2.15. The summed E-state index contributed by atoms with van der Waals surface area (Å²) in [5, 5.41) is 8.75. The predicted molar refractivity (Wildman–Crippen MR) is 68.4 cm³/mol. The highest BCUT2D eigenvalue weighted by Crippen LogP contribution is 2.15. The van der Waals surface area contributed by atoms with Crippen LogP contribution in [-0.2, 0) is 6.61 Å². The molecule has 0 aliphatic carbocycles. The van der Waals surface area contributed by atoms with Gasteiger partial charge in [0.25, 0.3) is 0 Å². The standard InChI is InChI=1S/C13H9BF3N2O/c15-14(16,17)12-5-13(8-19-7-12)20-9-11-3-1-2-10(4-11)6-18/h1-5,7-8H,9H2/q-1. The Bertz CT molecular complexity index is 653. The summed E-state index contributed by atoms with van der Waals surface area (Å²) in [7, 11) is 0. The summed E-state index contributed by atoms with van der Waals surface area (Å²) < 4.78 is 42.9. The van der Waals surface area contributed by atoms with Crippen LogP contribution in [0.25, 0.3) is 0 Å². The van der Waals surface area contributed by atoms with Gasteiger partial charge in [0.1, 0.15) is 12.4 Å². The fraction of sp³-hybridized carbons (Fsp3) is 0.0769. The molecular formula is C13H9BF3N2O-. The number of benzene rings is 1. The van der Waals surface area contributed by atoms with Crippen LogP contribution in [0.3, 0.4) is 0 Å². The third-order valence-corrected chi connectivity index (χ3v) is 2.57. The van der Waals surface area contributed by atoms with Gasteiger partial charge in [-0.15, -0.1) is 0 Å². The highest BCUT2D eigenvalue weighted by Gasteiger charge is 2.26. The molecule has 0 saturated heterocycles. The maximum atomic E-state index is 12.6. The third-order valence-electron chi connectivity index (χ3n) is 2.57. The number of aromatic nitrogens is 1. The van der Waals surface area contributed by atoms with Gasteiger partial charge in [-0.25, -0.2) is 0 Å². The topological polar surface area (TPSA) is 45.9 Å². The van der Waals surface area contributed by atoms with Gasteiger partial charge in [-0.2, -0.15) is 5.26 Å². The molecule has 0 atom stereocenters. The van der Waals surface area contributed by atoms with E-state index in [4.69, 9.17) is 10.00 Å². The van der Waals surface area contributed by atoms with E-state index in [1.165, 1.54) is 6.20 Å². The van der Waals surface area contributed by atoms with Crippen molar-refractivity contribution in [3.63, 3.8) is 0 Å². The van der Waals surface area contributed by atoms with Crippen LogP contribution in [0.4, 0.5) is 12.9 Å². The zero-order valence-electron chi connectivity index (χ0n) is 10.3. The van der Waals surface area contributed by atoms with E-state index in [0.29, 0.717) is 11.1 Å². The Balaban J connectivity index is 2.09. The molecule has 0 bridgehead atoms. The summed E-state index contributed by atoms with van der Waals surface area (Å²) in [5.74, 6) is 0.0454. The molecule has 0 radical (unpaired) electrons. The molecule has 0 fully saturated rings. The van der Waals surface area contributed by atoms with Crippen LogP contribution in [0.15, 0.2) is 42.7 Å². The lowest BCUT2D eigenvalue weighted by molar-refractivity contribution is 0.305. The van der Waals surface area contributed by atoms with Gasteiger partial charge in [-0.3, -0.25) is 4.98 Å². The first-order valence-electron chi connectivity index (χ1n) is 5.76. The number of halogens is 3. The van der Waals surface area contributed by atoms with Crippen molar-refractivity contribution in [1.82, 2.24) is 4.98 Å². The summed E-state index contributed by atoms with van der Waals surface area (Å²) in [6, 6.07) is 9.56. The summed E-state index contributed by atoms with van der Waals surface area (Å²) in [4.78, 5) is 3.52. The molecule has 2 aromatic rings. The minimum Gasteiger partial charge on any atom is -0.487 e. The molecule has 1 aromatic heterocycles. The summed E-state index contributed by atoms with van der Waals surface area (Å²) in [6.45, 7) is -5.02. The summed E-state index contributed by atoms with van der Waals surface area (Å²) in [6.07, 6.45) is 1.99. The smallest absolute Gasteiger partial charge is 0.487 e. The van der Waals surface area contributed by atoms with Crippen LogP contribution in [-0.4, -0.2) is 12.0 Å². The number of hydrogen-bond donors (Lipinski definition) is 0. The van der Waals surface area contributed by atoms with Gasteiger partial charge in [0.15, 0.2) is 0 Å². The van der Waals surface area contributed by atoms with E-state index in [0.717, 1.165) is 12.3 Å². The van der Waals surface area contributed by atoms with Crippen LogP contribution in [0.5, 0.6) is 5.75 Å². The second-order valence-corrected chi connectivity index (χ2v) is 4.13. The van der Waals surface area contributed by atoms with Crippen molar-refractivity contribution in [2.45, 2.75) is 6.61 Å². The average Bonchev–Trinajstić information content (AvgIpc) is 2.45. The van der Waals surface area contributed by atoms with Crippen molar-refractivity contribution in [3.05, 3.63) is 53.9 Å². The van der Waals surface area contributed by atoms with Crippen molar-refractivity contribution in [2.75, 3.05) is 0 Å². The van der Waals surface area contributed by atoms with Gasteiger partial charge in [0.2, 0.25) is 0 Å². The van der Waals surface area contributed by atoms with Gasteiger partial charge in [0, 0.05) is 6.20 Å². The number of nitrogens with zero attached hydrogens (tertiary/aromatic N) is 2. The zero-order valence-corrected chi connectivity index (χ0v) is 10.3. The number of rotatable bonds is 4. The second-order valence-electron chi connectivity index (χ2n) is 4.13. The zero-order chi connectivity index (χ0) is 14.6. The first-order valence-corrected chi connectivity index (χ1v) is 5.76. The van der Waals surface area contributed by atoms with Crippen molar-refractivity contribution in [2.24, 2.45) is 0 Å². The van der Waals surface area contributed by atoms with Gasteiger partial charge in [0.05, 0.1) is 17.8 Å². The van der Waals surface area contributed by atoms with E-state index in [2.05, 4.69) is 4.98 Å². The largest absolute Gasteiger partial charge is 0.511 e. The molecule has 7 heteroatoms. The first-order chi connectivity index (χ1) is 9.49. The minimum atomic E-state index is -5.09. The molecule has 0 aliphatic heterocycles. The number of nitriles is 1. The summed E-state index contributed by atoms with van der Waals surface area (Å²) >= 11 is 0. The van der Waals surface area contributed by atoms with Gasteiger partial charge < -0.3 is 17.7 Å². The SMILES string of the molecule is N#Cc1cccc(COc2cncc([B-](F)(F)F)c2)c1. The Kier molecular flexibility index (Phi) is 3.94. The Labute approximate surface area is 113 Å². The molecule has 20 heavy (non-hydrogen) atoms. The maximum Gasteiger partial charge on any atom is 0.511 e. The quantitative estimate of drug-likeness (QED) is 0.807.